The minimum atomic E-state index is -4.59. The first-order chi connectivity index (χ1) is 14.7. The topological polar surface area (TPSA) is 77.3 Å². The molecular formula is C21H19F3N4O3. The number of pyridine rings is 3. The lowest BCUT2D eigenvalue weighted by Gasteiger charge is -2.38. The van der Waals surface area contributed by atoms with Gasteiger partial charge in [0.15, 0.2) is 0 Å². The fraction of sp³-hybridized carbons (Fsp3) is 0.333. The monoisotopic (exact) mass is 432 g/mol. The summed E-state index contributed by atoms with van der Waals surface area (Å²) in [7, 11) is 0. The highest BCUT2D eigenvalue weighted by Gasteiger charge is 2.39. The third-order valence-electron chi connectivity index (χ3n) is 5.12. The van der Waals surface area contributed by atoms with Crippen molar-refractivity contribution in [3.8, 4) is 5.88 Å². The highest BCUT2D eigenvalue weighted by molar-refractivity contribution is 5.97. The first kappa shape index (κ1) is 20.8. The van der Waals surface area contributed by atoms with Crippen LogP contribution in [0.2, 0.25) is 0 Å². The Hall–Kier alpha value is -3.43. The van der Waals surface area contributed by atoms with E-state index < -0.39 is 35.1 Å². The summed E-state index contributed by atoms with van der Waals surface area (Å²) in [5, 5.41) is 0.343. The molecule has 4 heterocycles. The molecule has 1 fully saturated rings. The molecule has 0 radical (unpaired) electrons. The maximum atomic E-state index is 13.1. The number of carbonyl (C=O) groups excluding carboxylic acids is 1. The Balaban J connectivity index is 1.53. The summed E-state index contributed by atoms with van der Waals surface area (Å²) in [5.74, 6) is -1.01. The van der Waals surface area contributed by atoms with Crippen LogP contribution in [0.3, 0.4) is 0 Å². The van der Waals surface area contributed by atoms with Crippen LogP contribution in [-0.4, -0.2) is 44.5 Å². The second kappa shape index (κ2) is 7.68. The molecule has 1 saturated heterocycles. The van der Waals surface area contributed by atoms with E-state index in [0.29, 0.717) is 17.6 Å². The standard InChI is InChI=1S/C21H19F3N4O3/c1-3-27-11-15(17(29)14-7-6-12(2)26-18(14)27)20(30)28-9-13(10-28)31-19-16(21(22,23)24)5-4-8-25-19/h4-8,11,13H,3,9-10H2,1-2H3. The number of hydrogen-bond acceptors (Lipinski definition) is 5. The van der Waals surface area contributed by atoms with Crippen LogP contribution in [0.1, 0.15) is 28.5 Å². The van der Waals surface area contributed by atoms with Gasteiger partial charge in [0, 0.05) is 24.6 Å². The van der Waals surface area contributed by atoms with Crippen molar-refractivity contribution in [1.82, 2.24) is 19.4 Å². The molecule has 1 amide bonds. The van der Waals surface area contributed by atoms with Crippen molar-refractivity contribution >= 4 is 16.9 Å². The number of rotatable bonds is 4. The average Bonchev–Trinajstić information content (AvgIpc) is 2.69. The van der Waals surface area contributed by atoms with Crippen LogP contribution in [0, 0.1) is 6.92 Å². The van der Waals surface area contributed by atoms with E-state index in [1.165, 1.54) is 23.4 Å². The second-order valence-electron chi connectivity index (χ2n) is 7.29. The number of alkyl halides is 3. The van der Waals surface area contributed by atoms with Crippen LogP contribution in [-0.2, 0) is 12.7 Å². The molecular weight excluding hydrogens is 413 g/mol. The summed E-state index contributed by atoms with van der Waals surface area (Å²) in [6.07, 6.45) is -2.54. The number of likely N-dealkylation sites (tertiary alicyclic amines) is 1. The van der Waals surface area contributed by atoms with Gasteiger partial charge in [-0.15, -0.1) is 0 Å². The number of nitrogens with zero attached hydrogens (tertiary/aromatic N) is 4. The van der Waals surface area contributed by atoms with Gasteiger partial charge in [0.25, 0.3) is 5.91 Å². The number of fused-ring (bicyclic) bond motifs is 1. The molecule has 0 atom stereocenters. The minimum Gasteiger partial charge on any atom is -0.470 e. The quantitative estimate of drug-likeness (QED) is 0.634. The zero-order valence-corrected chi connectivity index (χ0v) is 16.8. The summed E-state index contributed by atoms with van der Waals surface area (Å²) in [6, 6.07) is 5.42. The summed E-state index contributed by atoms with van der Waals surface area (Å²) < 4.78 is 46.4. The van der Waals surface area contributed by atoms with Gasteiger partial charge in [0.2, 0.25) is 11.3 Å². The van der Waals surface area contributed by atoms with Crippen LogP contribution >= 0.6 is 0 Å². The molecule has 3 aromatic rings. The first-order valence-corrected chi connectivity index (χ1v) is 9.68. The Bertz CT molecular complexity index is 1220. The van der Waals surface area contributed by atoms with Gasteiger partial charge in [0.1, 0.15) is 22.9 Å². The zero-order chi connectivity index (χ0) is 22.3. The molecule has 31 heavy (non-hydrogen) atoms. The van der Waals surface area contributed by atoms with Crippen molar-refractivity contribution in [2.75, 3.05) is 13.1 Å². The molecule has 0 aliphatic carbocycles. The van der Waals surface area contributed by atoms with Crippen molar-refractivity contribution in [1.29, 1.82) is 0 Å². The summed E-state index contributed by atoms with van der Waals surface area (Å²) in [4.78, 5) is 35.2. The largest absolute Gasteiger partial charge is 0.470 e. The molecule has 4 rings (SSSR count). The maximum Gasteiger partial charge on any atom is 0.421 e. The third kappa shape index (κ3) is 3.85. The predicted octanol–water partition coefficient (Wildman–Crippen LogP) is 3.04. The number of aryl methyl sites for hydroxylation is 2. The predicted molar refractivity (Wildman–Crippen MR) is 106 cm³/mol. The number of halogens is 3. The van der Waals surface area contributed by atoms with Crippen LogP contribution in [0.15, 0.2) is 41.5 Å². The van der Waals surface area contributed by atoms with Gasteiger partial charge >= 0.3 is 6.18 Å². The molecule has 10 heteroatoms. The molecule has 162 valence electrons. The molecule has 1 aliphatic heterocycles. The lowest BCUT2D eigenvalue weighted by atomic mass is 10.1. The zero-order valence-electron chi connectivity index (χ0n) is 16.8. The van der Waals surface area contributed by atoms with Gasteiger partial charge in [-0.1, -0.05) is 0 Å². The van der Waals surface area contributed by atoms with Gasteiger partial charge < -0.3 is 14.2 Å². The van der Waals surface area contributed by atoms with Gasteiger partial charge in [-0.25, -0.2) is 9.97 Å². The van der Waals surface area contributed by atoms with Gasteiger partial charge in [-0.05, 0) is 38.1 Å². The Morgan fingerprint density at radius 2 is 2.00 bits per heavy atom. The van der Waals surface area contributed by atoms with E-state index >= 15 is 0 Å². The van der Waals surface area contributed by atoms with Gasteiger partial charge in [-0.3, -0.25) is 9.59 Å². The van der Waals surface area contributed by atoms with E-state index in [9.17, 15) is 22.8 Å². The molecule has 1 aliphatic rings. The smallest absolute Gasteiger partial charge is 0.421 e. The fourth-order valence-corrected chi connectivity index (χ4v) is 3.46. The summed E-state index contributed by atoms with van der Waals surface area (Å²) in [6.45, 7) is 4.32. The van der Waals surface area contributed by atoms with Crippen molar-refractivity contribution in [2.24, 2.45) is 0 Å². The number of ether oxygens (including phenoxy) is 1. The highest BCUT2D eigenvalue weighted by atomic mass is 19.4. The fourth-order valence-electron chi connectivity index (χ4n) is 3.46. The minimum absolute atomic E-state index is 0.00716. The number of amides is 1. The third-order valence-corrected chi connectivity index (χ3v) is 5.12. The Morgan fingerprint density at radius 1 is 1.26 bits per heavy atom. The SMILES string of the molecule is CCn1cc(C(=O)N2CC(Oc3ncccc3C(F)(F)F)C2)c(=O)c2ccc(C)nc21. The van der Waals surface area contributed by atoms with E-state index in [1.54, 1.807) is 16.7 Å². The highest BCUT2D eigenvalue weighted by Crippen LogP contribution is 2.35. The van der Waals surface area contributed by atoms with Gasteiger partial charge in [0.05, 0.1) is 18.5 Å². The number of hydrogen-bond donors (Lipinski definition) is 0. The second-order valence-corrected chi connectivity index (χ2v) is 7.29. The average molecular weight is 432 g/mol. The van der Waals surface area contributed by atoms with Crippen LogP contribution in [0.5, 0.6) is 5.88 Å². The Labute approximate surface area is 175 Å². The van der Waals surface area contributed by atoms with Crippen LogP contribution in [0.4, 0.5) is 13.2 Å². The van der Waals surface area contributed by atoms with Crippen LogP contribution < -0.4 is 10.2 Å². The van der Waals surface area contributed by atoms with E-state index in [2.05, 4.69) is 9.97 Å². The van der Waals surface area contributed by atoms with Crippen molar-refractivity contribution in [3.63, 3.8) is 0 Å². The number of carbonyl (C=O) groups is 1. The Kier molecular flexibility index (Phi) is 5.16. The van der Waals surface area contributed by atoms with Crippen molar-refractivity contribution in [2.45, 2.75) is 32.7 Å². The molecule has 0 aromatic carbocycles. The van der Waals surface area contributed by atoms with E-state index in [1.807, 2.05) is 13.8 Å². The molecule has 0 bridgehead atoms. The number of aromatic nitrogens is 3. The lowest BCUT2D eigenvalue weighted by molar-refractivity contribution is -0.140. The molecule has 0 unspecified atom stereocenters. The maximum absolute atomic E-state index is 13.1. The van der Waals surface area contributed by atoms with E-state index in [0.717, 1.165) is 11.8 Å². The van der Waals surface area contributed by atoms with E-state index in [4.69, 9.17) is 4.74 Å². The molecule has 0 spiro atoms. The summed E-state index contributed by atoms with van der Waals surface area (Å²) >= 11 is 0. The first-order valence-electron chi connectivity index (χ1n) is 9.68. The van der Waals surface area contributed by atoms with E-state index in [-0.39, 0.29) is 18.7 Å². The van der Waals surface area contributed by atoms with Crippen molar-refractivity contribution < 1.29 is 22.7 Å². The molecule has 0 N–H and O–H groups in total. The summed E-state index contributed by atoms with van der Waals surface area (Å²) in [5.41, 5.74) is -0.145. The van der Waals surface area contributed by atoms with Crippen molar-refractivity contribution in [3.05, 3.63) is 63.7 Å². The van der Waals surface area contributed by atoms with Crippen LogP contribution in [0.25, 0.3) is 11.0 Å². The normalized spacial score (nSPS) is 14.5. The molecule has 3 aromatic heterocycles. The lowest BCUT2D eigenvalue weighted by Crippen LogP contribution is -2.57. The Morgan fingerprint density at radius 3 is 2.68 bits per heavy atom. The molecule has 7 nitrogen and oxygen atoms in total. The van der Waals surface area contributed by atoms with Gasteiger partial charge in [-0.2, -0.15) is 13.2 Å². The molecule has 0 saturated carbocycles.